The minimum atomic E-state index is 0.863. The van der Waals surface area contributed by atoms with Crippen molar-refractivity contribution in [1.29, 1.82) is 0 Å². The maximum atomic E-state index is 3.13. The molecule has 1 unspecified atom stereocenters. The van der Waals surface area contributed by atoms with E-state index in [1.54, 1.807) is 0 Å². The highest BCUT2D eigenvalue weighted by atomic mass is 15.5. The highest BCUT2D eigenvalue weighted by molar-refractivity contribution is 4.57. The van der Waals surface area contributed by atoms with Crippen LogP contribution in [0.3, 0.4) is 0 Å². The molecule has 86 valence electrons. The van der Waals surface area contributed by atoms with Gasteiger partial charge in [-0.3, -0.25) is 5.43 Å². The smallest absolute Gasteiger partial charge is 0.0130 e. The molecule has 0 aliphatic heterocycles. The molecular weight excluding hydrogens is 172 g/mol. The molecule has 0 saturated carbocycles. The molecule has 0 fully saturated rings. The van der Waals surface area contributed by atoms with Crippen molar-refractivity contribution in [2.24, 2.45) is 11.8 Å². The third-order valence-electron chi connectivity index (χ3n) is 2.82. The lowest BCUT2D eigenvalue weighted by atomic mass is 9.97. The Bertz CT molecular complexity index is 123. The van der Waals surface area contributed by atoms with Gasteiger partial charge in [-0.05, 0) is 25.3 Å². The Morgan fingerprint density at radius 1 is 1.07 bits per heavy atom. The molecule has 0 bridgehead atoms. The number of hydrogen-bond acceptors (Lipinski definition) is 2. The summed E-state index contributed by atoms with van der Waals surface area (Å²) in [5.41, 5.74) is 3.13. The molecule has 0 amide bonds. The molecule has 1 atom stereocenters. The van der Waals surface area contributed by atoms with E-state index in [4.69, 9.17) is 0 Å². The second-order valence-corrected chi connectivity index (χ2v) is 4.86. The fraction of sp³-hybridized carbons (Fsp3) is 1.00. The predicted molar refractivity (Wildman–Crippen MR) is 64.2 cm³/mol. The summed E-state index contributed by atoms with van der Waals surface area (Å²) in [4.78, 5) is 0. The number of hydrogen-bond donors (Lipinski definition) is 1. The molecule has 14 heavy (non-hydrogen) atoms. The molecular formula is C12H28N2. The minimum Gasteiger partial charge on any atom is -0.259 e. The summed E-state index contributed by atoms with van der Waals surface area (Å²) in [5.74, 6) is 1.73. The quantitative estimate of drug-likeness (QED) is 0.606. The van der Waals surface area contributed by atoms with Crippen molar-refractivity contribution in [2.45, 2.75) is 46.5 Å². The average Bonchev–Trinajstić information content (AvgIpc) is 2.13. The zero-order chi connectivity index (χ0) is 11.0. The van der Waals surface area contributed by atoms with Gasteiger partial charge < -0.3 is 0 Å². The fourth-order valence-corrected chi connectivity index (χ4v) is 1.54. The van der Waals surface area contributed by atoms with E-state index in [9.17, 15) is 0 Å². The van der Waals surface area contributed by atoms with Crippen LogP contribution in [0.15, 0.2) is 0 Å². The highest BCUT2D eigenvalue weighted by Crippen LogP contribution is 2.14. The van der Waals surface area contributed by atoms with Gasteiger partial charge >= 0.3 is 0 Å². The summed E-state index contributed by atoms with van der Waals surface area (Å²) < 4.78 is 0. The van der Waals surface area contributed by atoms with E-state index in [0.717, 1.165) is 18.4 Å². The Hall–Kier alpha value is -0.0800. The molecule has 0 spiro atoms. The van der Waals surface area contributed by atoms with Crippen LogP contribution >= 0.6 is 0 Å². The summed E-state index contributed by atoms with van der Waals surface area (Å²) in [5, 5.41) is 2.15. The Morgan fingerprint density at radius 3 is 2.21 bits per heavy atom. The maximum absolute atomic E-state index is 3.13. The van der Waals surface area contributed by atoms with Gasteiger partial charge in [-0.2, -0.15) is 0 Å². The minimum absolute atomic E-state index is 0.863. The summed E-state index contributed by atoms with van der Waals surface area (Å²) >= 11 is 0. The van der Waals surface area contributed by atoms with E-state index >= 15 is 0 Å². The van der Waals surface area contributed by atoms with Crippen molar-refractivity contribution in [2.75, 3.05) is 20.6 Å². The molecule has 0 aromatic rings. The van der Waals surface area contributed by atoms with Crippen LogP contribution in [0.1, 0.15) is 46.5 Å². The van der Waals surface area contributed by atoms with Gasteiger partial charge in [0.15, 0.2) is 0 Å². The monoisotopic (exact) mass is 200 g/mol. The molecule has 0 saturated heterocycles. The number of rotatable bonds is 8. The van der Waals surface area contributed by atoms with Crippen LogP contribution in [0.4, 0.5) is 0 Å². The molecule has 2 nitrogen and oxygen atoms in total. The first kappa shape index (κ1) is 13.9. The molecule has 0 aromatic carbocycles. The SMILES string of the molecule is CNN(C)CCC(C)CCCC(C)C. The van der Waals surface area contributed by atoms with Gasteiger partial charge in [0.2, 0.25) is 0 Å². The van der Waals surface area contributed by atoms with Gasteiger partial charge in [0.1, 0.15) is 0 Å². The second kappa shape index (κ2) is 8.25. The molecule has 0 heterocycles. The topological polar surface area (TPSA) is 15.3 Å². The first-order valence-electron chi connectivity index (χ1n) is 5.94. The third-order valence-corrected chi connectivity index (χ3v) is 2.82. The predicted octanol–water partition coefficient (Wildman–Crippen LogP) is 2.91. The van der Waals surface area contributed by atoms with Crippen LogP contribution in [0.25, 0.3) is 0 Å². The summed E-state index contributed by atoms with van der Waals surface area (Å²) in [7, 11) is 4.07. The summed E-state index contributed by atoms with van der Waals surface area (Å²) in [6.07, 6.45) is 5.46. The van der Waals surface area contributed by atoms with Crippen molar-refractivity contribution in [3.63, 3.8) is 0 Å². The van der Waals surface area contributed by atoms with Crippen LogP contribution in [-0.2, 0) is 0 Å². The van der Waals surface area contributed by atoms with Crippen molar-refractivity contribution in [1.82, 2.24) is 10.4 Å². The molecule has 0 aliphatic carbocycles. The fourth-order valence-electron chi connectivity index (χ4n) is 1.54. The summed E-state index contributed by atoms with van der Waals surface area (Å²) in [6.45, 7) is 8.13. The molecule has 1 N–H and O–H groups in total. The largest absolute Gasteiger partial charge is 0.259 e. The van der Waals surface area contributed by atoms with Gasteiger partial charge in [0.25, 0.3) is 0 Å². The normalized spacial score (nSPS) is 13.9. The molecule has 0 aromatic heterocycles. The lowest BCUT2D eigenvalue weighted by Gasteiger charge is -2.18. The van der Waals surface area contributed by atoms with E-state index < -0.39 is 0 Å². The third kappa shape index (κ3) is 8.52. The lowest BCUT2D eigenvalue weighted by molar-refractivity contribution is 0.237. The van der Waals surface area contributed by atoms with Crippen LogP contribution < -0.4 is 5.43 Å². The Morgan fingerprint density at radius 2 is 1.71 bits per heavy atom. The number of hydrazine groups is 1. The summed E-state index contributed by atoms with van der Waals surface area (Å²) in [6, 6.07) is 0. The van der Waals surface area contributed by atoms with E-state index in [-0.39, 0.29) is 0 Å². The lowest BCUT2D eigenvalue weighted by Crippen LogP contribution is -2.32. The van der Waals surface area contributed by atoms with E-state index in [0.29, 0.717) is 0 Å². The first-order chi connectivity index (χ1) is 6.56. The zero-order valence-corrected chi connectivity index (χ0v) is 10.6. The van der Waals surface area contributed by atoms with Crippen LogP contribution in [-0.4, -0.2) is 25.6 Å². The van der Waals surface area contributed by atoms with Crippen molar-refractivity contribution >= 4 is 0 Å². The highest BCUT2D eigenvalue weighted by Gasteiger charge is 2.04. The molecule has 0 aliphatic rings. The number of nitrogens with one attached hydrogen (secondary N) is 1. The van der Waals surface area contributed by atoms with Crippen LogP contribution in [0.2, 0.25) is 0 Å². The van der Waals surface area contributed by atoms with E-state index in [1.807, 2.05) is 7.05 Å². The van der Waals surface area contributed by atoms with Gasteiger partial charge in [-0.1, -0.05) is 40.0 Å². The Labute approximate surface area is 90.0 Å². The van der Waals surface area contributed by atoms with Crippen molar-refractivity contribution < 1.29 is 0 Å². The first-order valence-corrected chi connectivity index (χ1v) is 5.94. The van der Waals surface area contributed by atoms with Gasteiger partial charge in [0.05, 0.1) is 0 Å². The van der Waals surface area contributed by atoms with E-state index in [1.165, 1.54) is 25.7 Å². The van der Waals surface area contributed by atoms with E-state index in [2.05, 4.69) is 38.3 Å². The Kier molecular flexibility index (Phi) is 8.20. The molecule has 0 radical (unpaired) electrons. The molecule has 0 rings (SSSR count). The van der Waals surface area contributed by atoms with Crippen LogP contribution in [0.5, 0.6) is 0 Å². The standard InChI is InChI=1S/C12H28N2/c1-11(2)7-6-8-12(3)9-10-14(5)13-4/h11-13H,6-10H2,1-5H3. The zero-order valence-electron chi connectivity index (χ0n) is 10.6. The molecule has 2 heteroatoms. The van der Waals surface area contributed by atoms with Crippen LogP contribution in [0, 0.1) is 11.8 Å². The maximum Gasteiger partial charge on any atom is 0.0130 e. The second-order valence-electron chi connectivity index (χ2n) is 4.86. The van der Waals surface area contributed by atoms with Gasteiger partial charge in [0, 0.05) is 13.6 Å². The van der Waals surface area contributed by atoms with Crippen molar-refractivity contribution in [3.05, 3.63) is 0 Å². The van der Waals surface area contributed by atoms with Crippen molar-refractivity contribution in [3.8, 4) is 0 Å². The number of nitrogens with zero attached hydrogens (tertiary/aromatic N) is 1. The average molecular weight is 200 g/mol. The van der Waals surface area contributed by atoms with Gasteiger partial charge in [-0.15, -0.1) is 0 Å². The van der Waals surface area contributed by atoms with Gasteiger partial charge in [-0.25, -0.2) is 5.01 Å². The Balaban J connectivity index is 3.32.